The molecule has 4 aromatic rings. The second kappa shape index (κ2) is 13.0. The average molecular weight is 683 g/mol. The molecular formula is C31H25BrClN3O6S. The summed E-state index contributed by atoms with van der Waals surface area (Å²) in [5, 5.41) is 3.20. The lowest BCUT2D eigenvalue weighted by Gasteiger charge is -2.24. The van der Waals surface area contributed by atoms with E-state index in [2.05, 4.69) is 26.2 Å². The number of aromatic nitrogens is 1. The normalized spacial score (nSPS) is 14.5. The third kappa shape index (κ3) is 6.43. The molecular weight excluding hydrogens is 658 g/mol. The minimum absolute atomic E-state index is 0.261. The highest BCUT2D eigenvalue weighted by atomic mass is 79.9. The maximum absolute atomic E-state index is 13.7. The fourth-order valence-electron chi connectivity index (χ4n) is 4.60. The second-order valence-electron chi connectivity index (χ2n) is 9.36. The number of fused-ring (bicyclic) bond motifs is 1. The molecule has 0 radical (unpaired) electrons. The Labute approximate surface area is 263 Å². The van der Waals surface area contributed by atoms with Gasteiger partial charge >= 0.3 is 5.97 Å². The Bertz CT molecular complexity index is 1940. The van der Waals surface area contributed by atoms with Crippen LogP contribution in [0.4, 0.5) is 5.69 Å². The predicted octanol–water partition coefficient (Wildman–Crippen LogP) is 4.85. The first-order chi connectivity index (χ1) is 20.7. The van der Waals surface area contributed by atoms with Crippen molar-refractivity contribution in [3.63, 3.8) is 0 Å². The number of thiazole rings is 1. The number of carbonyl (C=O) groups is 2. The number of rotatable bonds is 8. The number of hydrogen-bond donors (Lipinski definition) is 1. The van der Waals surface area contributed by atoms with E-state index in [9.17, 15) is 14.4 Å². The number of methoxy groups -OCH3 is 2. The molecule has 0 saturated carbocycles. The topological polar surface area (TPSA) is 108 Å². The summed E-state index contributed by atoms with van der Waals surface area (Å²) in [5.74, 6) is -0.182. The van der Waals surface area contributed by atoms with Gasteiger partial charge in [-0.3, -0.25) is 14.2 Å². The first kappa shape index (κ1) is 30.3. The Hall–Kier alpha value is -4.19. The lowest BCUT2D eigenvalue weighted by molar-refractivity contribution is -0.136. The molecule has 3 aromatic carbocycles. The van der Waals surface area contributed by atoms with Gasteiger partial charge in [-0.2, -0.15) is 0 Å². The molecule has 220 valence electrons. The van der Waals surface area contributed by atoms with Gasteiger partial charge in [-0.05, 0) is 70.4 Å². The van der Waals surface area contributed by atoms with Crippen molar-refractivity contribution in [2.45, 2.75) is 13.0 Å². The highest BCUT2D eigenvalue weighted by molar-refractivity contribution is 9.10. The fraction of sp³-hybridized carbons (Fsp3) is 0.161. The monoisotopic (exact) mass is 681 g/mol. The van der Waals surface area contributed by atoms with Crippen molar-refractivity contribution in [3.05, 3.63) is 118 Å². The van der Waals surface area contributed by atoms with E-state index in [1.54, 1.807) is 49.4 Å². The lowest BCUT2D eigenvalue weighted by atomic mass is 9.96. The van der Waals surface area contributed by atoms with E-state index in [-0.39, 0.29) is 18.1 Å². The highest BCUT2D eigenvalue weighted by Crippen LogP contribution is 2.31. The van der Waals surface area contributed by atoms with Crippen LogP contribution in [-0.2, 0) is 14.3 Å². The molecule has 1 amide bonds. The van der Waals surface area contributed by atoms with Crippen molar-refractivity contribution >= 4 is 62.5 Å². The molecule has 0 saturated heterocycles. The molecule has 0 spiro atoms. The summed E-state index contributed by atoms with van der Waals surface area (Å²) in [6, 6.07) is 18.8. The van der Waals surface area contributed by atoms with Crippen molar-refractivity contribution in [2.24, 2.45) is 4.99 Å². The molecule has 5 rings (SSSR count). The number of benzene rings is 3. The number of nitrogens with one attached hydrogen (secondary N) is 1. The van der Waals surface area contributed by atoms with E-state index in [1.807, 2.05) is 30.3 Å². The van der Waals surface area contributed by atoms with E-state index in [1.165, 1.54) is 30.1 Å². The van der Waals surface area contributed by atoms with E-state index in [0.717, 1.165) is 10.0 Å². The summed E-state index contributed by atoms with van der Waals surface area (Å²) in [5.41, 5.74) is 2.47. The predicted molar refractivity (Wildman–Crippen MR) is 168 cm³/mol. The van der Waals surface area contributed by atoms with Crippen molar-refractivity contribution in [3.8, 4) is 11.5 Å². The number of esters is 1. The molecule has 1 aliphatic rings. The van der Waals surface area contributed by atoms with Crippen LogP contribution in [0.3, 0.4) is 0 Å². The van der Waals surface area contributed by atoms with Gasteiger partial charge in [0.15, 0.2) is 22.9 Å². The number of nitrogens with zero attached hydrogens (tertiary/aromatic N) is 2. The van der Waals surface area contributed by atoms with Crippen molar-refractivity contribution in [1.82, 2.24) is 4.57 Å². The number of hydrogen-bond acceptors (Lipinski definition) is 8. The zero-order valence-corrected chi connectivity index (χ0v) is 26.4. The van der Waals surface area contributed by atoms with Gasteiger partial charge in [-0.1, -0.05) is 59.3 Å². The van der Waals surface area contributed by atoms with Crippen LogP contribution < -0.4 is 29.7 Å². The van der Waals surface area contributed by atoms with Crippen LogP contribution in [0.2, 0.25) is 5.02 Å². The molecule has 0 aliphatic carbocycles. The van der Waals surface area contributed by atoms with Gasteiger partial charge in [0, 0.05) is 10.2 Å². The Kier molecular flexibility index (Phi) is 9.14. The molecule has 43 heavy (non-hydrogen) atoms. The number of anilines is 1. The zero-order valence-electron chi connectivity index (χ0n) is 23.2. The van der Waals surface area contributed by atoms with Gasteiger partial charge in [0.1, 0.15) is 0 Å². The molecule has 0 fully saturated rings. The van der Waals surface area contributed by atoms with Gasteiger partial charge in [-0.15, -0.1) is 0 Å². The number of ether oxygens (including phenoxy) is 3. The molecule has 0 unspecified atom stereocenters. The first-order valence-corrected chi connectivity index (χ1v) is 14.9. The lowest BCUT2D eigenvalue weighted by Crippen LogP contribution is -2.39. The number of carbonyl (C=O) groups excluding carboxylic acids is 2. The van der Waals surface area contributed by atoms with Crippen LogP contribution in [0.5, 0.6) is 11.5 Å². The molecule has 12 heteroatoms. The SMILES string of the molecule is COC(=O)C1=C(C)N=c2s/c(=C\c3ccc(OCC(=O)Nc4ccc(Br)c(Cl)c4)c(OC)c3)c(=O)n2[C@@H]1c1ccccc1. The number of allylic oxidation sites excluding steroid dienone is 1. The molecule has 0 bridgehead atoms. The number of amides is 1. The van der Waals surface area contributed by atoms with E-state index >= 15 is 0 Å². The third-order valence-corrected chi connectivity index (χ3v) is 8.81. The van der Waals surface area contributed by atoms with E-state index in [4.69, 9.17) is 25.8 Å². The summed E-state index contributed by atoms with van der Waals surface area (Å²) in [4.78, 5) is 44.0. The Morgan fingerprint density at radius 2 is 1.86 bits per heavy atom. The number of halogens is 2. The smallest absolute Gasteiger partial charge is 0.338 e. The Balaban J connectivity index is 1.43. The van der Waals surface area contributed by atoms with E-state index < -0.39 is 12.0 Å². The maximum atomic E-state index is 13.7. The van der Waals surface area contributed by atoms with Crippen LogP contribution >= 0.6 is 38.9 Å². The molecule has 1 aliphatic heterocycles. The van der Waals surface area contributed by atoms with Gasteiger partial charge < -0.3 is 19.5 Å². The van der Waals surface area contributed by atoms with Gasteiger partial charge in [0.25, 0.3) is 11.5 Å². The summed E-state index contributed by atoms with van der Waals surface area (Å²) in [6.07, 6.45) is 1.72. The minimum Gasteiger partial charge on any atom is -0.493 e. The minimum atomic E-state index is -0.683. The van der Waals surface area contributed by atoms with Gasteiger partial charge in [0.2, 0.25) is 0 Å². The van der Waals surface area contributed by atoms with Crippen LogP contribution in [0.15, 0.2) is 92.3 Å². The van der Waals surface area contributed by atoms with Crippen LogP contribution in [0.1, 0.15) is 24.1 Å². The summed E-state index contributed by atoms with van der Waals surface area (Å²) in [6.45, 7) is 1.47. The zero-order chi connectivity index (χ0) is 30.7. The summed E-state index contributed by atoms with van der Waals surface area (Å²) < 4.78 is 18.9. The highest BCUT2D eigenvalue weighted by Gasteiger charge is 2.32. The van der Waals surface area contributed by atoms with Gasteiger partial charge in [-0.25, -0.2) is 9.79 Å². The summed E-state index contributed by atoms with van der Waals surface area (Å²) in [7, 11) is 2.79. The molecule has 1 aromatic heterocycles. The van der Waals surface area contributed by atoms with Crippen molar-refractivity contribution < 1.29 is 23.8 Å². The Morgan fingerprint density at radius 3 is 2.56 bits per heavy atom. The molecule has 1 atom stereocenters. The molecule has 9 nitrogen and oxygen atoms in total. The van der Waals surface area contributed by atoms with Crippen LogP contribution in [0, 0.1) is 0 Å². The quantitative estimate of drug-likeness (QED) is 0.267. The summed E-state index contributed by atoms with van der Waals surface area (Å²) >= 11 is 10.6. The van der Waals surface area contributed by atoms with E-state index in [0.29, 0.717) is 48.4 Å². The van der Waals surface area contributed by atoms with Crippen molar-refractivity contribution in [1.29, 1.82) is 0 Å². The fourth-order valence-corrected chi connectivity index (χ4v) is 6.08. The van der Waals surface area contributed by atoms with Crippen LogP contribution in [-0.4, -0.2) is 37.3 Å². The second-order valence-corrected chi connectivity index (χ2v) is 11.6. The first-order valence-electron chi connectivity index (χ1n) is 12.9. The molecule has 2 heterocycles. The third-order valence-electron chi connectivity index (χ3n) is 6.59. The average Bonchev–Trinajstić information content (AvgIpc) is 3.31. The molecule has 1 N–H and O–H groups in total. The Morgan fingerprint density at radius 1 is 1.09 bits per heavy atom. The van der Waals surface area contributed by atoms with Crippen molar-refractivity contribution in [2.75, 3.05) is 26.1 Å². The maximum Gasteiger partial charge on any atom is 0.338 e. The van der Waals surface area contributed by atoms with Crippen LogP contribution in [0.25, 0.3) is 6.08 Å². The standard InChI is InChI=1S/C31H25BrClN3O6S/c1-17-27(30(39)41-3)28(19-7-5-4-6-8-19)36-29(38)25(43-31(36)34-17)14-18-9-12-23(24(13-18)40-2)42-16-26(37)35-20-10-11-21(32)22(33)15-20/h4-15,28H,16H2,1-3H3,(H,35,37)/b25-14-/t28-/m1/s1. The van der Waals surface area contributed by atoms with Gasteiger partial charge in [0.05, 0.1) is 41.1 Å². The largest absolute Gasteiger partial charge is 0.493 e.